The van der Waals surface area contributed by atoms with E-state index in [0.717, 1.165) is 5.69 Å². The minimum absolute atomic E-state index is 0.137. The molecular formula is C13H9FINO. The Morgan fingerprint density at radius 2 is 2.06 bits per heavy atom. The van der Waals surface area contributed by atoms with Gasteiger partial charge in [-0.25, -0.2) is 4.39 Å². The highest BCUT2D eigenvalue weighted by atomic mass is 127. The van der Waals surface area contributed by atoms with Crippen molar-refractivity contribution < 1.29 is 9.18 Å². The van der Waals surface area contributed by atoms with Crippen LogP contribution in [0.25, 0.3) is 0 Å². The van der Waals surface area contributed by atoms with Gasteiger partial charge >= 0.3 is 0 Å². The summed E-state index contributed by atoms with van der Waals surface area (Å²) in [5.41, 5.74) is 1.87. The van der Waals surface area contributed by atoms with Gasteiger partial charge in [-0.05, 0) is 59.8 Å². The van der Waals surface area contributed by atoms with Gasteiger partial charge < -0.3 is 0 Å². The summed E-state index contributed by atoms with van der Waals surface area (Å²) in [5, 5.41) is 0. The summed E-state index contributed by atoms with van der Waals surface area (Å²) in [6.07, 6.45) is 1.54. The van der Waals surface area contributed by atoms with Crippen molar-refractivity contribution in [2.24, 2.45) is 0 Å². The Bertz CT molecular complexity index is 566. The molecule has 0 aliphatic heterocycles. The zero-order valence-corrected chi connectivity index (χ0v) is 11.2. The lowest BCUT2D eigenvalue weighted by Crippen LogP contribution is -2.04. The molecule has 0 radical (unpaired) electrons. The summed E-state index contributed by atoms with van der Waals surface area (Å²) in [6.45, 7) is 1.86. The van der Waals surface area contributed by atoms with Gasteiger partial charge in [0.2, 0.25) is 0 Å². The molecule has 0 N–H and O–H groups in total. The van der Waals surface area contributed by atoms with E-state index in [1.807, 2.05) is 29.5 Å². The van der Waals surface area contributed by atoms with Crippen molar-refractivity contribution in [3.05, 3.63) is 62.7 Å². The maximum absolute atomic E-state index is 12.9. The number of rotatable bonds is 2. The van der Waals surface area contributed by atoms with Crippen molar-refractivity contribution in [2.75, 3.05) is 0 Å². The van der Waals surface area contributed by atoms with E-state index in [0.29, 0.717) is 14.7 Å². The lowest BCUT2D eigenvalue weighted by Gasteiger charge is -2.04. The van der Waals surface area contributed by atoms with E-state index >= 15 is 0 Å². The third-order valence-corrected chi connectivity index (χ3v) is 3.24. The van der Waals surface area contributed by atoms with Crippen LogP contribution in [-0.2, 0) is 0 Å². The number of halogens is 2. The van der Waals surface area contributed by atoms with E-state index in [-0.39, 0.29) is 11.6 Å². The minimum Gasteiger partial charge on any atom is -0.289 e. The van der Waals surface area contributed by atoms with Crippen LogP contribution in [0, 0.1) is 16.3 Å². The van der Waals surface area contributed by atoms with Gasteiger partial charge in [0.05, 0.1) is 0 Å². The monoisotopic (exact) mass is 341 g/mol. The second kappa shape index (κ2) is 4.91. The predicted octanol–water partition coefficient (Wildman–Crippen LogP) is 3.36. The van der Waals surface area contributed by atoms with Gasteiger partial charge in [-0.3, -0.25) is 9.78 Å². The second-order valence-corrected chi connectivity index (χ2v) is 4.80. The highest BCUT2D eigenvalue weighted by Gasteiger charge is 2.13. The highest BCUT2D eigenvalue weighted by Crippen LogP contribution is 2.17. The fourth-order valence-electron chi connectivity index (χ4n) is 1.43. The van der Waals surface area contributed by atoms with Gasteiger partial charge in [0.1, 0.15) is 5.82 Å². The van der Waals surface area contributed by atoms with E-state index < -0.39 is 0 Å². The molecule has 0 unspecified atom stereocenters. The Kier molecular flexibility index (Phi) is 3.51. The van der Waals surface area contributed by atoms with Crippen LogP contribution >= 0.6 is 22.6 Å². The molecule has 0 fully saturated rings. The number of carbonyl (C=O) groups is 1. The Morgan fingerprint density at radius 3 is 2.65 bits per heavy atom. The molecule has 0 saturated carbocycles. The highest BCUT2D eigenvalue weighted by molar-refractivity contribution is 14.1. The van der Waals surface area contributed by atoms with Crippen molar-refractivity contribution in [1.29, 1.82) is 0 Å². The van der Waals surface area contributed by atoms with E-state index in [4.69, 9.17) is 0 Å². The van der Waals surface area contributed by atoms with Gasteiger partial charge in [-0.2, -0.15) is 0 Å². The second-order valence-electron chi connectivity index (χ2n) is 3.64. The molecular weight excluding hydrogens is 332 g/mol. The zero-order chi connectivity index (χ0) is 12.4. The van der Waals surface area contributed by atoms with E-state index in [1.54, 1.807) is 12.1 Å². The van der Waals surface area contributed by atoms with Gasteiger partial charge in [0.25, 0.3) is 0 Å². The Morgan fingerprint density at radius 1 is 1.29 bits per heavy atom. The molecule has 0 saturated heterocycles. The molecule has 1 aromatic carbocycles. The Hall–Kier alpha value is -1.30. The lowest BCUT2D eigenvalue weighted by atomic mass is 10.0. The van der Waals surface area contributed by atoms with Crippen LogP contribution in [0.1, 0.15) is 21.6 Å². The van der Waals surface area contributed by atoms with Gasteiger partial charge in [-0.1, -0.05) is 0 Å². The number of ketones is 1. The predicted molar refractivity (Wildman–Crippen MR) is 71.5 cm³/mol. The summed E-state index contributed by atoms with van der Waals surface area (Å²) in [7, 11) is 0. The van der Waals surface area contributed by atoms with Crippen LogP contribution in [0.2, 0.25) is 0 Å². The average Bonchev–Trinajstić information content (AvgIpc) is 2.29. The number of hydrogen-bond donors (Lipinski definition) is 0. The Balaban J connectivity index is 2.40. The molecule has 4 heteroatoms. The molecule has 1 aromatic heterocycles. The van der Waals surface area contributed by atoms with Gasteiger partial charge in [-0.15, -0.1) is 0 Å². The number of aryl methyl sites for hydroxylation is 1. The first-order chi connectivity index (χ1) is 8.08. The first-order valence-corrected chi connectivity index (χ1v) is 6.08. The largest absolute Gasteiger partial charge is 0.289 e. The zero-order valence-electron chi connectivity index (χ0n) is 9.08. The van der Waals surface area contributed by atoms with Crippen LogP contribution in [0.15, 0.2) is 36.5 Å². The van der Waals surface area contributed by atoms with Crippen LogP contribution in [-0.4, -0.2) is 10.8 Å². The number of benzene rings is 1. The molecule has 2 nitrogen and oxygen atoms in total. The fraction of sp³-hybridized carbons (Fsp3) is 0.0769. The van der Waals surface area contributed by atoms with Gasteiger partial charge in [0, 0.05) is 26.6 Å². The standard InChI is InChI=1S/C13H9FINO/c1-8-2-3-9(7-16-8)13(17)11-5-4-10(14)6-12(11)15/h2-7H,1H3. The van der Waals surface area contributed by atoms with Crippen molar-refractivity contribution in [1.82, 2.24) is 4.98 Å². The van der Waals surface area contributed by atoms with Crippen LogP contribution < -0.4 is 0 Å². The van der Waals surface area contributed by atoms with Crippen LogP contribution in [0.4, 0.5) is 4.39 Å². The smallest absolute Gasteiger partial charge is 0.195 e. The Labute approximate surface area is 112 Å². The molecule has 0 aliphatic rings. The number of nitrogens with zero attached hydrogens (tertiary/aromatic N) is 1. The summed E-state index contributed by atoms with van der Waals surface area (Å²) >= 11 is 1.95. The fourth-order valence-corrected chi connectivity index (χ4v) is 2.15. The lowest BCUT2D eigenvalue weighted by molar-refractivity contribution is 0.103. The van der Waals surface area contributed by atoms with Crippen molar-refractivity contribution in [2.45, 2.75) is 6.92 Å². The third-order valence-electron chi connectivity index (χ3n) is 2.35. The number of pyridine rings is 1. The normalized spacial score (nSPS) is 10.3. The maximum atomic E-state index is 12.9. The van der Waals surface area contributed by atoms with Gasteiger partial charge in [0.15, 0.2) is 5.78 Å². The molecule has 0 bridgehead atoms. The molecule has 17 heavy (non-hydrogen) atoms. The summed E-state index contributed by atoms with van der Waals surface area (Å²) in [4.78, 5) is 16.2. The van der Waals surface area contributed by atoms with Crippen LogP contribution in [0.3, 0.4) is 0 Å². The molecule has 0 spiro atoms. The van der Waals surface area contributed by atoms with E-state index in [1.165, 1.54) is 24.4 Å². The van der Waals surface area contributed by atoms with Crippen LogP contribution in [0.5, 0.6) is 0 Å². The first-order valence-electron chi connectivity index (χ1n) is 5.00. The van der Waals surface area contributed by atoms with E-state index in [9.17, 15) is 9.18 Å². The molecule has 86 valence electrons. The number of hydrogen-bond acceptors (Lipinski definition) is 2. The molecule has 1 heterocycles. The molecule has 0 aliphatic carbocycles. The first kappa shape index (κ1) is 12.2. The summed E-state index contributed by atoms with van der Waals surface area (Å²) in [5.74, 6) is -0.477. The SMILES string of the molecule is Cc1ccc(C(=O)c2ccc(F)cc2I)cn1. The third kappa shape index (κ3) is 2.69. The van der Waals surface area contributed by atoms with E-state index in [2.05, 4.69) is 4.98 Å². The molecule has 0 atom stereocenters. The molecule has 0 amide bonds. The average molecular weight is 341 g/mol. The summed E-state index contributed by atoms with van der Waals surface area (Å²) in [6, 6.07) is 7.64. The number of aromatic nitrogens is 1. The minimum atomic E-state index is -0.340. The molecule has 2 rings (SSSR count). The van der Waals surface area contributed by atoms with Crippen molar-refractivity contribution in [3.63, 3.8) is 0 Å². The molecule has 2 aromatic rings. The number of carbonyl (C=O) groups excluding carboxylic acids is 1. The van der Waals surface area contributed by atoms with Crippen molar-refractivity contribution in [3.8, 4) is 0 Å². The topological polar surface area (TPSA) is 30.0 Å². The maximum Gasteiger partial charge on any atom is 0.195 e. The van der Waals surface area contributed by atoms with Crippen molar-refractivity contribution >= 4 is 28.4 Å². The quantitative estimate of drug-likeness (QED) is 0.619. The summed E-state index contributed by atoms with van der Waals surface area (Å²) < 4.78 is 13.5.